The lowest BCUT2D eigenvalue weighted by Gasteiger charge is -2.17. The first kappa shape index (κ1) is 17.1. The van der Waals surface area contributed by atoms with Gasteiger partial charge in [0.15, 0.2) is 0 Å². The van der Waals surface area contributed by atoms with Crippen molar-refractivity contribution >= 4 is 29.4 Å². The standard InChI is InChI=1S/C13H15BrN3O4P/c1-19-22(20-2,21-3)16-11-9-15-17(13(18)12(11)14)10-7-5-4-6-8-10/h4-9H,1-3H3. The van der Waals surface area contributed by atoms with Crippen molar-refractivity contribution in [3.05, 3.63) is 51.4 Å². The van der Waals surface area contributed by atoms with Crippen molar-refractivity contribution in [3.8, 4) is 5.69 Å². The molecule has 0 aliphatic heterocycles. The highest BCUT2D eigenvalue weighted by molar-refractivity contribution is 9.10. The maximum absolute atomic E-state index is 12.4. The summed E-state index contributed by atoms with van der Waals surface area (Å²) in [4.78, 5) is 12.4. The summed E-state index contributed by atoms with van der Waals surface area (Å²) < 4.78 is 21.4. The number of nitrogens with zero attached hydrogens (tertiary/aromatic N) is 3. The van der Waals surface area contributed by atoms with Crippen LogP contribution in [0.15, 0.2) is 50.5 Å². The minimum absolute atomic E-state index is 0.252. The van der Waals surface area contributed by atoms with Crippen LogP contribution in [-0.2, 0) is 13.6 Å². The first-order chi connectivity index (χ1) is 10.6. The number of aromatic nitrogens is 2. The van der Waals surface area contributed by atoms with Crippen LogP contribution in [0.5, 0.6) is 0 Å². The van der Waals surface area contributed by atoms with E-state index in [1.54, 1.807) is 12.1 Å². The second-order valence-corrected chi connectivity index (χ2v) is 7.04. The largest absolute Gasteiger partial charge is 0.359 e. The number of hydrogen-bond donors (Lipinski definition) is 0. The van der Waals surface area contributed by atoms with E-state index < -0.39 is 7.74 Å². The van der Waals surface area contributed by atoms with Gasteiger partial charge < -0.3 is 13.6 Å². The van der Waals surface area contributed by atoms with E-state index in [2.05, 4.69) is 25.8 Å². The molecule has 0 atom stereocenters. The molecular formula is C13H15BrN3O4P. The van der Waals surface area contributed by atoms with E-state index in [1.807, 2.05) is 18.2 Å². The molecule has 1 heterocycles. The van der Waals surface area contributed by atoms with Gasteiger partial charge in [0.2, 0.25) is 0 Å². The Hall–Kier alpha value is -1.31. The predicted molar refractivity (Wildman–Crippen MR) is 87.6 cm³/mol. The van der Waals surface area contributed by atoms with Gasteiger partial charge in [-0.15, -0.1) is 0 Å². The first-order valence-electron chi connectivity index (χ1n) is 6.19. The van der Waals surface area contributed by atoms with E-state index in [0.717, 1.165) is 0 Å². The van der Waals surface area contributed by atoms with Gasteiger partial charge >= 0.3 is 7.74 Å². The lowest BCUT2D eigenvalue weighted by Crippen LogP contribution is -2.21. The Morgan fingerprint density at radius 3 is 2.27 bits per heavy atom. The lowest BCUT2D eigenvalue weighted by molar-refractivity contribution is 0.224. The Kier molecular flexibility index (Phi) is 5.66. The minimum Gasteiger partial charge on any atom is -0.306 e. The Labute approximate surface area is 136 Å². The number of benzene rings is 1. The summed E-state index contributed by atoms with van der Waals surface area (Å²) in [6.45, 7) is 0. The van der Waals surface area contributed by atoms with Gasteiger partial charge in [-0.1, -0.05) is 18.2 Å². The van der Waals surface area contributed by atoms with Gasteiger partial charge in [-0.3, -0.25) is 4.79 Å². The minimum atomic E-state index is -2.89. The molecule has 0 aliphatic rings. The summed E-state index contributed by atoms with van der Waals surface area (Å²) in [6, 6.07) is 9.09. The number of hydrogen-bond acceptors (Lipinski definition) is 6. The van der Waals surface area contributed by atoms with Crippen molar-refractivity contribution in [3.63, 3.8) is 0 Å². The van der Waals surface area contributed by atoms with Crippen molar-refractivity contribution in [1.29, 1.82) is 0 Å². The van der Waals surface area contributed by atoms with E-state index in [-0.39, 0.29) is 10.0 Å². The molecule has 0 N–H and O–H groups in total. The highest BCUT2D eigenvalue weighted by Gasteiger charge is 2.20. The molecule has 0 spiro atoms. The normalized spacial score (nSPS) is 11.5. The average Bonchev–Trinajstić information content (AvgIpc) is 2.57. The second kappa shape index (κ2) is 7.30. The SMILES string of the molecule is COP(=Nc1cnn(-c2ccccc2)c(=O)c1Br)(OC)OC. The molecule has 2 aromatic rings. The molecule has 0 aliphatic carbocycles. The Morgan fingerprint density at radius 1 is 1.14 bits per heavy atom. The van der Waals surface area contributed by atoms with Crippen LogP contribution >= 0.6 is 23.7 Å². The Balaban J connectivity index is 2.58. The topological polar surface area (TPSA) is 74.9 Å². The van der Waals surface area contributed by atoms with E-state index in [4.69, 9.17) is 13.6 Å². The Bertz CT molecular complexity index is 745. The van der Waals surface area contributed by atoms with E-state index in [9.17, 15) is 4.79 Å². The molecule has 1 aromatic carbocycles. The third-order valence-electron chi connectivity index (χ3n) is 2.82. The van der Waals surface area contributed by atoms with Crippen LogP contribution in [-0.4, -0.2) is 31.1 Å². The van der Waals surface area contributed by atoms with Gasteiger partial charge in [0.05, 0.1) is 11.9 Å². The van der Waals surface area contributed by atoms with Gasteiger partial charge in [0, 0.05) is 21.3 Å². The summed E-state index contributed by atoms with van der Waals surface area (Å²) in [5.41, 5.74) is 0.621. The molecule has 0 saturated heterocycles. The highest BCUT2D eigenvalue weighted by Crippen LogP contribution is 2.53. The maximum atomic E-state index is 12.4. The van der Waals surface area contributed by atoms with Crippen LogP contribution in [0, 0.1) is 0 Å². The smallest absolute Gasteiger partial charge is 0.306 e. The summed E-state index contributed by atoms with van der Waals surface area (Å²) in [7, 11) is 1.39. The zero-order valence-electron chi connectivity index (χ0n) is 12.3. The van der Waals surface area contributed by atoms with Crippen LogP contribution in [0.3, 0.4) is 0 Å². The van der Waals surface area contributed by atoms with Gasteiger partial charge in [-0.25, -0.2) is 0 Å². The summed E-state index contributed by atoms with van der Waals surface area (Å²) in [5, 5.41) is 4.13. The zero-order valence-corrected chi connectivity index (χ0v) is 14.7. The molecule has 0 saturated carbocycles. The maximum Gasteiger partial charge on any atom is 0.359 e. The van der Waals surface area contributed by atoms with E-state index >= 15 is 0 Å². The van der Waals surface area contributed by atoms with E-state index in [0.29, 0.717) is 11.4 Å². The third-order valence-corrected chi connectivity index (χ3v) is 5.41. The number of para-hydroxylation sites is 1. The van der Waals surface area contributed by atoms with Crippen LogP contribution in [0.2, 0.25) is 0 Å². The fraction of sp³-hybridized carbons (Fsp3) is 0.231. The molecule has 0 bridgehead atoms. The summed E-state index contributed by atoms with van der Waals surface area (Å²) >= 11 is 3.25. The molecule has 0 radical (unpaired) electrons. The van der Waals surface area contributed by atoms with Crippen molar-refractivity contribution in [2.45, 2.75) is 0 Å². The highest BCUT2D eigenvalue weighted by atomic mass is 79.9. The van der Waals surface area contributed by atoms with Crippen molar-refractivity contribution in [2.24, 2.45) is 4.74 Å². The van der Waals surface area contributed by atoms with Crippen LogP contribution in [0.25, 0.3) is 5.69 Å². The molecule has 0 unspecified atom stereocenters. The quantitative estimate of drug-likeness (QED) is 0.733. The Morgan fingerprint density at radius 2 is 1.73 bits per heavy atom. The van der Waals surface area contributed by atoms with Crippen LogP contribution in [0.4, 0.5) is 5.69 Å². The lowest BCUT2D eigenvalue weighted by atomic mass is 10.3. The van der Waals surface area contributed by atoms with Crippen LogP contribution in [0.1, 0.15) is 0 Å². The molecule has 0 amide bonds. The molecular weight excluding hydrogens is 373 g/mol. The van der Waals surface area contributed by atoms with Gasteiger partial charge in [0.25, 0.3) is 5.56 Å². The molecule has 9 heteroatoms. The molecule has 1 aromatic heterocycles. The molecule has 118 valence electrons. The first-order valence-corrected chi connectivity index (χ1v) is 8.48. The van der Waals surface area contributed by atoms with Crippen LogP contribution < -0.4 is 5.56 Å². The third kappa shape index (κ3) is 3.37. The average molecular weight is 388 g/mol. The number of halogens is 1. The predicted octanol–water partition coefficient (Wildman–Crippen LogP) is 3.51. The molecule has 22 heavy (non-hydrogen) atoms. The molecule has 0 fully saturated rings. The van der Waals surface area contributed by atoms with Crippen molar-refractivity contribution in [1.82, 2.24) is 9.78 Å². The fourth-order valence-corrected chi connectivity index (χ4v) is 3.33. The molecule has 7 nitrogen and oxygen atoms in total. The van der Waals surface area contributed by atoms with Crippen molar-refractivity contribution < 1.29 is 13.6 Å². The van der Waals surface area contributed by atoms with Crippen molar-refractivity contribution in [2.75, 3.05) is 21.3 Å². The zero-order chi connectivity index (χ0) is 16.2. The summed E-state index contributed by atoms with van der Waals surface area (Å²) in [6.07, 6.45) is 1.45. The fourth-order valence-electron chi connectivity index (χ4n) is 1.72. The van der Waals surface area contributed by atoms with E-state index in [1.165, 1.54) is 32.2 Å². The van der Waals surface area contributed by atoms with Gasteiger partial charge in [-0.2, -0.15) is 14.5 Å². The second-order valence-electron chi connectivity index (χ2n) is 4.01. The van der Waals surface area contributed by atoms with Gasteiger partial charge in [-0.05, 0) is 28.1 Å². The molecule has 2 rings (SSSR count). The summed E-state index contributed by atoms with van der Waals surface area (Å²) in [5.74, 6) is 0. The number of rotatable bonds is 5. The monoisotopic (exact) mass is 387 g/mol. The van der Waals surface area contributed by atoms with Gasteiger partial charge in [0.1, 0.15) is 10.2 Å².